The zero-order valence-corrected chi connectivity index (χ0v) is 72.1. The van der Waals surface area contributed by atoms with Crippen LogP contribution in [0.1, 0.15) is 478 Å². The predicted molar refractivity (Wildman–Crippen MR) is 442 cm³/mol. The number of carbonyl (C=O) groups is 4. The van der Waals surface area contributed by atoms with Gasteiger partial charge in [-0.15, -0.1) is 0 Å². The van der Waals surface area contributed by atoms with Gasteiger partial charge in [-0.1, -0.05) is 426 Å². The summed E-state index contributed by atoms with van der Waals surface area (Å²) in [6.07, 6.45) is 74.9. The summed E-state index contributed by atoms with van der Waals surface area (Å²) in [5.41, 5.74) is 0. The molecule has 0 spiro atoms. The van der Waals surface area contributed by atoms with Crippen molar-refractivity contribution in [1.82, 2.24) is 0 Å². The Balaban J connectivity index is 5.22. The quantitative estimate of drug-likeness (QED) is 0.0222. The monoisotopic (exact) mass is 1560 g/mol. The summed E-state index contributed by atoms with van der Waals surface area (Å²) in [6, 6.07) is 0. The van der Waals surface area contributed by atoms with E-state index >= 15 is 0 Å². The van der Waals surface area contributed by atoms with E-state index in [1.54, 1.807) is 0 Å². The fourth-order valence-electron chi connectivity index (χ4n) is 13.8. The Hall–Kier alpha value is -1.94. The molecule has 0 amide bonds. The average Bonchev–Trinajstić information content (AvgIpc) is 0.902. The summed E-state index contributed by atoms with van der Waals surface area (Å²) >= 11 is 0. The molecule has 636 valence electrons. The van der Waals surface area contributed by atoms with Crippen molar-refractivity contribution in [3.05, 3.63) is 0 Å². The zero-order chi connectivity index (χ0) is 78.3. The topological polar surface area (TPSA) is 237 Å². The van der Waals surface area contributed by atoms with Gasteiger partial charge in [0, 0.05) is 25.7 Å². The molecule has 0 radical (unpaired) electrons. The van der Waals surface area contributed by atoms with Crippen LogP contribution in [0.25, 0.3) is 0 Å². The van der Waals surface area contributed by atoms with Gasteiger partial charge in [0.05, 0.1) is 26.4 Å². The fourth-order valence-corrected chi connectivity index (χ4v) is 15.4. The maximum atomic E-state index is 13.2. The largest absolute Gasteiger partial charge is 0.472 e. The molecular formula is C88H172O17P2. The van der Waals surface area contributed by atoms with E-state index in [0.717, 1.165) is 95.8 Å². The average molecular weight is 1560 g/mol. The lowest BCUT2D eigenvalue weighted by Crippen LogP contribution is -2.30. The Morgan fingerprint density at radius 1 is 0.262 bits per heavy atom. The van der Waals surface area contributed by atoms with Crippen LogP contribution in [0.15, 0.2) is 0 Å². The van der Waals surface area contributed by atoms with Gasteiger partial charge in [-0.05, 0) is 31.6 Å². The molecule has 17 nitrogen and oxygen atoms in total. The summed E-state index contributed by atoms with van der Waals surface area (Å²) in [7, 11) is -9.93. The first kappa shape index (κ1) is 105. The molecule has 0 heterocycles. The van der Waals surface area contributed by atoms with Crippen molar-refractivity contribution in [3.63, 3.8) is 0 Å². The number of esters is 4. The molecule has 6 atom stereocenters. The van der Waals surface area contributed by atoms with Gasteiger partial charge in [0.25, 0.3) is 0 Å². The lowest BCUT2D eigenvalue weighted by molar-refractivity contribution is -0.161. The minimum absolute atomic E-state index is 0.109. The maximum Gasteiger partial charge on any atom is 0.472 e. The lowest BCUT2D eigenvalue weighted by atomic mass is 9.99. The van der Waals surface area contributed by atoms with E-state index in [4.69, 9.17) is 37.0 Å². The standard InChI is InChI=1S/C88H172O17P2/c1-6-10-13-16-19-22-25-27-29-31-36-39-43-47-52-57-62-67-72-86(91)99-78-84(105-88(93)74-69-64-59-54-49-45-41-37-33-32-35-38-42-46-50-55-60-65-70-81(5)9-4)80-103-107(96,97)101-76-82(89)75-100-106(94,95)102-79-83(77-98-85(90)71-66-61-56-51-24-21-18-15-12-8-3)104-87(92)73-68-63-58-53-48-44-40-34-30-28-26-23-20-17-14-11-7-2/h81-84,89H,6-80H2,1-5H3,(H,94,95)(H,96,97)/t81?,82-,83+,84+/m0/s1. The van der Waals surface area contributed by atoms with Gasteiger partial charge in [-0.3, -0.25) is 37.3 Å². The Bertz CT molecular complexity index is 2030. The highest BCUT2D eigenvalue weighted by atomic mass is 31.2. The lowest BCUT2D eigenvalue weighted by Gasteiger charge is -2.21. The third kappa shape index (κ3) is 80.5. The summed E-state index contributed by atoms with van der Waals surface area (Å²) in [6.45, 7) is 7.44. The number of hydrogen-bond donors (Lipinski definition) is 3. The molecule has 0 aromatic carbocycles. The Morgan fingerprint density at radius 3 is 0.664 bits per heavy atom. The number of phosphoric ester groups is 2. The first-order chi connectivity index (χ1) is 52.1. The Labute approximate surface area is 658 Å². The Morgan fingerprint density at radius 2 is 0.449 bits per heavy atom. The molecule has 107 heavy (non-hydrogen) atoms. The highest BCUT2D eigenvalue weighted by Crippen LogP contribution is 2.45. The molecule has 0 aliphatic carbocycles. The van der Waals surface area contributed by atoms with Crippen molar-refractivity contribution >= 4 is 39.5 Å². The summed E-state index contributed by atoms with van der Waals surface area (Å²) in [4.78, 5) is 73.3. The summed E-state index contributed by atoms with van der Waals surface area (Å²) in [5.74, 6) is -1.23. The van der Waals surface area contributed by atoms with Crippen molar-refractivity contribution < 1.29 is 80.2 Å². The fraction of sp³-hybridized carbons (Fsp3) is 0.955. The second-order valence-electron chi connectivity index (χ2n) is 31.9. The predicted octanol–water partition coefficient (Wildman–Crippen LogP) is 27.2. The normalized spacial score (nSPS) is 14.0. The second kappa shape index (κ2) is 80.7. The van der Waals surface area contributed by atoms with Crippen LogP contribution in [-0.4, -0.2) is 96.7 Å². The molecule has 0 rings (SSSR count). The van der Waals surface area contributed by atoms with Crippen LogP contribution in [0.5, 0.6) is 0 Å². The number of unbranched alkanes of at least 4 members (excludes halogenated alkanes) is 59. The molecule has 3 unspecified atom stereocenters. The minimum atomic E-state index is -4.97. The van der Waals surface area contributed by atoms with Gasteiger partial charge in [-0.2, -0.15) is 0 Å². The van der Waals surface area contributed by atoms with Gasteiger partial charge in [0.15, 0.2) is 12.2 Å². The van der Waals surface area contributed by atoms with Crippen molar-refractivity contribution in [2.45, 2.75) is 496 Å². The van der Waals surface area contributed by atoms with E-state index in [2.05, 4.69) is 34.6 Å². The van der Waals surface area contributed by atoms with Crippen LogP contribution < -0.4 is 0 Å². The van der Waals surface area contributed by atoms with Gasteiger partial charge >= 0.3 is 39.5 Å². The van der Waals surface area contributed by atoms with Crippen LogP contribution in [0.3, 0.4) is 0 Å². The number of rotatable bonds is 88. The van der Waals surface area contributed by atoms with Crippen molar-refractivity contribution in [2.24, 2.45) is 5.92 Å². The van der Waals surface area contributed by atoms with Crippen molar-refractivity contribution in [2.75, 3.05) is 39.6 Å². The summed E-state index contributed by atoms with van der Waals surface area (Å²) < 4.78 is 68.9. The van der Waals surface area contributed by atoms with Crippen LogP contribution in [0, 0.1) is 5.92 Å². The number of phosphoric acid groups is 2. The SMILES string of the molecule is CCCCCCCCCCCCCCCCCCCCC(=O)OC[C@H](COP(=O)(O)OC[C@@H](O)COP(=O)(O)OC[C@@H](COC(=O)CCCCCCCCCCCC)OC(=O)CCCCCCCCCCCCCCCCCCC)OC(=O)CCCCCCCCCCCCCCCCCCCCC(C)CC. The van der Waals surface area contributed by atoms with E-state index in [-0.39, 0.29) is 25.7 Å². The third-order valence-corrected chi connectivity index (χ3v) is 23.0. The number of aliphatic hydroxyl groups is 1. The van der Waals surface area contributed by atoms with Crippen LogP contribution >= 0.6 is 15.6 Å². The molecule has 19 heteroatoms. The van der Waals surface area contributed by atoms with Crippen LogP contribution in [-0.2, 0) is 65.4 Å². The van der Waals surface area contributed by atoms with Crippen LogP contribution in [0.2, 0.25) is 0 Å². The van der Waals surface area contributed by atoms with Gasteiger partial charge in [-0.25, -0.2) is 9.13 Å². The highest BCUT2D eigenvalue weighted by Gasteiger charge is 2.30. The minimum Gasteiger partial charge on any atom is -0.462 e. The molecule has 0 aliphatic rings. The van der Waals surface area contributed by atoms with Gasteiger partial charge in [0.1, 0.15) is 19.3 Å². The van der Waals surface area contributed by atoms with Gasteiger partial charge < -0.3 is 33.8 Å². The van der Waals surface area contributed by atoms with E-state index in [1.807, 2.05) is 0 Å². The smallest absolute Gasteiger partial charge is 0.462 e. The Kier molecular flexibility index (Phi) is 79.2. The number of hydrogen-bond acceptors (Lipinski definition) is 15. The molecule has 0 fully saturated rings. The molecule has 0 bridgehead atoms. The number of aliphatic hydroxyl groups excluding tert-OH is 1. The molecule has 0 saturated heterocycles. The first-order valence-electron chi connectivity index (χ1n) is 45.7. The molecular weight excluding hydrogens is 1390 g/mol. The van der Waals surface area contributed by atoms with Gasteiger partial charge in [0.2, 0.25) is 0 Å². The maximum absolute atomic E-state index is 13.2. The highest BCUT2D eigenvalue weighted by molar-refractivity contribution is 7.47. The second-order valence-corrected chi connectivity index (χ2v) is 34.8. The number of carbonyl (C=O) groups excluding carboxylic acids is 4. The van der Waals surface area contributed by atoms with E-state index in [1.165, 1.54) is 302 Å². The summed E-state index contributed by atoms with van der Waals surface area (Å²) in [5, 5.41) is 10.7. The molecule has 0 saturated carbocycles. The molecule has 0 aromatic heterocycles. The van der Waals surface area contributed by atoms with E-state index < -0.39 is 97.5 Å². The molecule has 0 aliphatic heterocycles. The van der Waals surface area contributed by atoms with Crippen molar-refractivity contribution in [3.8, 4) is 0 Å². The molecule has 3 N–H and O–H groups in total. The third-order valence-electron chi connectivity index (χ3n) is 21.1. The van der Waals surface area contributed by atoms with E-state index in [9.17, 15) is 43.2 Å². The molecule has 0 aromatic rings. The number of ether oxygens (including phenoxy) is 4. The zero-order valence-electron chi connectivity index (χ0n) is 70.3. The van der Waals surface area contributed by atoms with Crippen LogP contribution in [0.4, 0.5) is 0 Å². The van der Waals surface area contributed by atoms with Crippen molar-refractivity contribution in [1.29, 1.82) is 0 Å². The first-order valence-corrected chi connectivity index (χ1v) is 48.7. The van der Waals surface area contributed by atoms with E-state index in [0.29, 0.717) is 25.7 Å².